The quantitative estimate of drug-likeness (QED) is 0.819. The van der Waals surface area contributed by atoms with E-state index >= 15 is 0 Å². The first-order valence-electron chi connectivity index (χ1n) is 6.60. The Morgan fingerprint density at radius 1 is 0.955 bits per heavy atom. The number of amides is 2. The van der Waals surface area contributed by atoms with Crippen LogP contribution < -0.4 is 10.6 Å². The number of hydrogen-bond donors (Lipinski definition) is 2. The van der Waals surface area contributed by atoms with Gasteiger partial charge in [-0.2, -0.15) is 0 Å². The molecule has 0 spiro atoms. The standard InChI is InChI=1S/C16H14Cl2N2O2/c17-12-6-7-13(18)14(8-12)20-16(22)9-15(21)19-10-11-4-2-1-3-5-11/h1-8H,9-10H2,(H,19,21)(H,20,22). The Labute approximate surface area is 138 Å². The first-order chi connectivity index (χ1) is 10.5. The molecule has 0 atom stereocenters. The van der Waals surface area contributed by atoms with Gasteiger partial charge < -0.3 is 10.6 Å². The van der Waals surface area contributed by atoms with E-state index in [9.17, 15) is 9.59 Å². The molecule has 114 valence electrons. The lowest BCUT2D eigenvalue weighted by molar-refractivity contribution is -0.126. The van der Waals surface area contributed by atoms with E-state index in [1.54, 1.807) is 12.1 Å². The summed E-state index contributed by atoms with van der Waals surface area (Å²) in [4.78, 5) is 23.6. The highest BCUT2D eigenvalue weighted by molar-refractivity contribution is 6.35. The van der Waals surface area contributed by atoms with Crippen molar-refractivity contribution in [2.45, 2.75) is 13.0 Å². The van der Waals surface area contributed by atoms with Crippen molar-refractivity contribution in [1.82, 2.24) is 5.32 Å². The predicted molar refractivity (Wildman–Crippen MR) is 88.0 cm³/mol. The molecule has 2 N–H and O–H groups in total. The van der Waals surface area contributed by atoms with Crippen LogP contribution in [0.2, 0.25) is 10.0 Å². The maximum Gasteiger partial charge on any atom is 0.233 e. The van der Waals surface area contributed by atoms with Gasteiger partial charge in [-0.1, -0.05) is 53.5 Å². The van der Waals surface area contributed by atoms with Gasteiger partial charge in [0.05, 0.1) is 10.7 Å². The number of rotatable bonds is 5. The van der Waals surface area contributed by atoms with Gasteiger partial charge in [-0.15, -0.1) is 0 Å². The minimum Gasteiger partial charge on any atom is -0.352 e. The van der Waals surface area contributed by atoms with Gasteiger partial charge >= 0.3 is 0 Å². The summed E-state index contributed by atoms with van der Waals surface area (Å²) in [6, 6.07) is 14.2. The van der Waals surface area contributed by atoms with Gasteiger partial charge in [0.1, 0.15) is 6.42 Å². The molecule has 2 rings (SSSR count). The number of benzene rings is 2. The van der Waals surface area contributed by atoms with Crippen molar-refractivity contribution in [1.29, 1.82) is 0 Å². The number of hydrogen-bond acceptors (Lipinski definition) is 2. The van der Waals surface area contributed by atoms with Crippen LogP contribution in [0.25, 0.3) is 0 Å². The van der Waals surface area contributed by atoms with E-state index in [2.05, 4.69) is 10.6 Å². The molecule has 0 bridgehead atoms. The van der Waals surface area contributed by atoms with E-state index in [1.165, 1.54) is 6.07 Å². The molecular formula is C16H14Cl2N2O2. The van der Waals surface area contributed by atoms with Crippen LogP contribution in [0, 0.1) is 0 Å². The SMILES string of the molecule is O=C(CC(=O)Nc1cc(Cl)ccc1Cl)NCc1ccccc1. The summed E-state index contributed by atoms with van der Waals surface area (Å²) in [6.45, 7) is 0.380. The van der Waals surface area contributed by atoms with E-state index < -0.39 is 5.91 Å². The Morgan fingerprint density at radius 2 is 1.68 bits per heavy atom. The fraction of sp³-hybridized carbons (Fsp3) is 0.125. The smallest absolute Gasteiger partial charge is 0.233 e. The second-order valence-corrected chi connectivity index (χ2v) is 5.46. The molecule has 2 amide bonds. The molecule has 0 heterocycles. The van der Waals surface area contributed by atoms with Crippen molar-refractivity contribution in [2.24, 2.45) is 0 Å². The summed E-state index contributed by atoms with van der Waals surface area (Å²) in [5, 5.41) is 6.06. The molecule has 22 heavy (non-hydrogen) atoms. The Morgan fingerprint density at radius 3 is 2.41 bits per heavy atom. The van der Waals surface area contributed by atoms with Crippen LogP contribution in [0.1, 0.15) is 12.0 Å². The number of anilines is 1. The summed E-state index contributed by atoms with van der Waals surface area (Å²) < 4.78 is 0. The third kappa shape index (κ3) is 5.06. The average molecular weight is 337 g/mol. The summed E-state index contributed by atoms with van der Waals surface area (Å²) in [7, 11) is 0. The van der Waals surface area contributed by atoms with Crippen LogP contribution in [0.3, 0.4) is 0 Å². The van der Waals surface area contributed by atoms with Crippen LogP contribution in [0.4, 0.5) is 5.69 Å². The molecule has 6 heteroatoms. The topological polar surface area (TPSA) is 58.2 Å². The van der Waals surface area contributed by atoms with Gasteiger partial charge in [-0.25, -0.2) is 0 Å². The number of nitrogens with one attached hydrogen (secondary N) is 2. The van der Waals surface area contributed by atoms with Crippen LogP contribution in [0.15, 0.2) is 48.5 Å². The molecule has 0 unspecified atom stereocenters. The zero-order valence-electron chi connectivity index (χ0n) is 11.6. The molecule has 0 saturated carbocycles. The largest absolute Gasteiger partial charge is 0.352 e. The molecule has 0 aromatic heterocycles. The van der Waals surface area contributed by atoms with Crippen molar-refractivity contribution in [3.05, 3.63) is 64.1 Å². The molecule has 0 saturated heterocycles. The summed E-state index contributed by atoms with van der Waals surface area (Å²) in [5.74, 6) is -0.811. The lowest BCUT2D eigenvalue weighted by Gasteiger charge is -2.08. The number of carbonyl (C=O) groups is 2. The molecule has 0 aliphatic rings. The zero-order chi connectivity index (χ0) is 15.9. The van der Waals surface area contributed by atoms with E-state index in [0.29, 0.717) is 22.3 Å². The number of carbonyl (C=O) groups excluding carboxylic acids is 2. The summed E-state index contributed by atoms with van der Waals surface area (Å²) in [6.07, 6.45) is -0.282. The average Bonchev–Trinajstić information content (AvgIpc) is 2.50. The molecule has 4 nitrogen and oxygen atoms in total. The normalized spacial score (nSPS) is 10.1. The van der Waals surface area contributed by atoms with Crippen LogP contribution in [-0.4, -0.2) is 11.8 Å². The van der Waals surface area contributed by atoms with Gasteiger partial charge in [0.25, 0.3) is 0 Å². The predicted octanol–water partition coefficient (Wildman–Crippen LogP) is 3.64. The minimum atomic E-state index is -0.449. The van der Waals surface area contributed by atoms with Crippen molar-refractivity contribution in [3.63, 3.8) is 0 Å². The molecule has 0 radical (unpaired) electrons. The van der Waals surface area contributed by atoms with Crippen molar-refractivity contribution < 1.29 is 9.59 Å². The van der Waals surface area contributed by atoms with E-state index in [-0.39, 0.29) is 12.3 Å². The fourth-order valence-corrected chi connectivity index (χ4v) is 2.13. The Hall–Kier alpha value is -2.04. The highest BCUT2D eigenvalue weighted by Gasteiger charge is 2.11. The van der Waals surface area contributed by atoms with Gasteiger partial charge in [-0.05, 0) is 23.8 Å². The summed E-state index contributed by atoms with van der Waals surface area (Å²) >= 11 is 11.8. The minimum absolute atomic E-state index is 0.282. The fourth-order valence-electron chi connectivity index (χ4n) is 1.79. The van der Waals surface area contributed by atoms with Crippen LogP contribution >= 0.6 is 23.2 Å². The number of halogens is 2. The van der Waals surface area contributed by atoms with Crippen molar-refractivity contribution in [3.8, 4) is 0 Å². The maximum atomic E-state index is 11.8. The molecular weight excluding hydrogens is 323 g/mol. The second-order valence-electron chi connectivity index (χ2n) is 4.61. The van der Waals surface area contributed by atoms with E-state index in [0.717, 1.165) is 5.56 Å². The highest BCUT2D eigenvalue weighted by Crippen LogP contribution is 2.25. The zero-order valence-corrected chi connectivity index (χ0v) is 13.1. The molecule has 0 aliphatic carbocycles. The third-order valence-corrected chi connectivity index (χ3v) is 3.42. The Bertz CT molecular complexity index is 675. The van der Waals surface area contributed by atoms with Crippen LogP contribution in [0.5, 0.6) is 0 Å². The van der Waals surface area contributed by atoms with E-state index in [1.807, 2.05) is 30.3 Å². The summed E-state index contributed by atoms with van der Waals surface area (Å²) in [5.41, 5.74) is 1.35. The highest BCUT2D eigenvalue weighted by atomic mass is 35.5. The van der Waals surface area contributed by atoms with Crippen LogP contribution in [-0.2, 0) is 16.1 Å². The Kier molecular flexibility index (Phi) is 5.81. The second kappa shape index (κ2) is 7.82. The lowest BCUT2D eigenvalue weighted by Crippen LogP contribution is -2.27. The third-order valence-electron chi connectivity index (χ3n) is 2.86. The van der Waals surface area contributed by atoms with E-state index in [4.69, 9.17) is 23.2 Å². The van der Waals surface area contributed by atoms with Gasteiger partial charge in [0, 0.05) is 11.6 Å². The maximum absolute atomic E-state index is 11.8. The molecule has 2 aromatic rings. The Balaban J connectivity index is 1.84. The van der Waals surface area contributed by atoms with Gasteiger partial charge in [-0.3, -0.25) is 9.59 Å². The van der Waals surface area contributed by atoms with Gasteiger partial charge in [0.15, 0.2) is 0 Å². The first-order valence-corrected chi connectivity index (χ1v) is 7.36. The van der Waals surface area contributed by atoms with Gasteiger partial charge in [0.2, 0.25) is 11.8 Å². The first kappa shape index (κ1) is 16.3. The molecule has 0 aliphatic heterocycles. The van der Waals surface area contributed by atoms with Crippen molar-refractivity contribution in [2.75, 3.05) is 5.32 Å². The monoisotopic (exact) mass is 336 g/mol. The van der Waals surface area contributed by atoms with Crippen molar-refractivity contribution >= 4 is 40.7 Å². The molecule has 0 fully saturated rings. The molecule has 2 aromatic carbocycles. The lowest BCUT2D eigenvalue weighted by atomic mass is 10.2.